The van der Waals surface area contributed by atoms with Gasteiger partial charge in [-0.3, -0.25) is 0 Å². The Hall–Kier alpha value is -9.96. The van der Waals surface area contributed by atoms with Crippen molar-refractivity contribution >= 4 is 297 Å². The van der Waals surface area contributed by atoms with Crippen molar-refractivity contribution in [3.63, 3.8) is 0 Å². The van der Waals surface area contributed by atoms with Gasteiger partial charge in [0.2, 0.25) is 5.75 Å². The second kappa shape index (κ2) is 7.12. The highest BCUT2D eigenvalue weighted by atomic mass is 16.6. The summed E-state index contributed by atoms with van der Waals surface area (Å²) < 4.78 is 25.9. The molecule has 4 aliphatic carbocycles. The van der Waals surface area contributed by atoms with Gasteiger partial charge in [-0.1, -0.05) is 0 Å². The van der Waals surface area contributed by atoms with Crippen molar-refractivity contribution in [2.24, 2.45) is 0 Å². The lowest BCUT2D eigenvalue weighted by atomic mass is 9.56. The SMILES string of the molecule is COc1cc(C(=O)OC23c4c5c6c7c8c9c(c%10c%11c2c2c%12c4c4c%13c5c5c7c7c8c8c%14c9c%10c9c%10c%11c2c2c%11c%12c4c4c%12c%13c5c5c7c7c8c8c%14c9c9c%10c2c2c%11c4c4c%12c5c7c5c8c9c2c45)C63C#N)cc(OC)c1OC. The average molecular weight is 958 g/mol. The Balaban J connectivity index is 1.06. The van der Waals surface area contributed by atoms with E-state index in [9.17, 15) is 5.26 Å². The molecule has 29 aromatic rings. The van der Waals surface area contributed by atoms with E-state index >= 15 is 4.79 Å². The second-order valence-corrected chi connectivity index (χ2v) is 26.1. The van der Waals surface area contributed by atoms with Gasteiger partial charge in [0.15, 0.2) is 22.5 Å². The summed E-state index contributed by atoms with van der Waals surface area (Å²) in [7, 11) is 4.78. The molecule has 0 amide bonds. The summed E-state index contributed by atoms with van der Waals surface area (Å²) in [6.45, 7) is 0. The number of carbonyl (C=O) groups excluding carboxylic acids is 1. The highest BCUT2D eigenvalue weighted by molar-refractivity contribution is 6.82. The Labute approximate surface area is 419 Å². The number of methoxy groups -OCH3 is 3. The van der Waals surface area contributed by atoms with Gasteiger partial charge in [0, 0.05) is 11.1 Å². The van der Waals surface area contributed by atoms with Crippen LogP contribution in [0.3, 0.4) is 0 Å². The van der Waals surface area contributed by atoms with Gasteiger partial charge >= 0.3 is 5.97 Å². The molecule has 2 atom stereocenters. The number of rotatable bonds is 5. The molecule has 33 rings (SSSR count). The summed E-state index contributed by atoms with van der Waals surface area (Å²) in [5, 5.41) is 90.6. The van der Waals surface area contributed by atoms with E-state index in [4.69, 9.17) is 18.9 Å². The lowest BCUT2D eigenvalue weighted by Crippen LogP contribution is -2.52. The molecule has 0 radical (unpaired) electrons. The van der Waals surface area contributed by atoms with Crippen LogP contribution in [0.25, 0.3) is 291 Å². The fourth-order valence-corrected chi connectivity index (χ4v) is 24.9. The summed E-state index contributed by atoms with van der Waals surface area (Å²) in [4.78, 5) is 16.5. The monoisotopic (exact) mass is 957 g/mol. The van der Waals surface area contributed by atoms with Crippen molar-refractivity contribution in [2.45, 2.75) is 11.0 Å². The van der Waals surface area contributed by atoms with E-state index in [0.29, 0.717) is 22.8 Å². The Morgan fingerprint density at radius 1 is 0.312 bits per heavy atom. The molecule has 6 heteroatoms. The highest BCUT2D eigenvalue weighted by Crippen LogP contribution is 2.84. The summed E-state index contributed by atoms with van der Waals surface area (Å²) >= 11 is 0. The summed E-state index contributed by atoms with van der Waals surface area (Å²) in [5.74, 6) is 0.670. The van der Waals surface area contributed by atoms with Crippen LogP contribution in [-0.2, 0) is 15.8 Å². The maximum atomic E-state index is 16.5. The third-order valence-corrected chi connectivity index (χ3v) is 25.5. The topological polar surface area (TPSA) is 77.8 Å². The largest absolute Gasteiger partial charge is 0.493 e. The first kappa shape index (κ1) is 30.4. The second-order valence-electron chi connectivity index (χ2n) is 26.1. The smallest absolute Gasteiger partial charge is 0.339 e. The number of nitriles is 1. The fraction of sp³-hybridized carbons (Fsp3) is 0.0704. The molecule has 0 aliphatic heterocycles. The van der Waals surface area contributed by atoms with Crippen LogP contribution in [0.4, 0.5) is 0 Å². The highest BCUT2D eigenvalue weighted by Gasteiger charge is 2.73. The number of hydrogen-bond acceptors (Lipinski definition) is 6. The maximum absolute atomic E-state index is 16.5. The van der Waals surface area contributed by atoms with Crippen LogP contribution < -0.4 is 14.2 Å². The number of ether oxygens (including phenoxy) is 4. The van der Waals surface area contributed by atoms with Crippen LogP contribution >= 0.6 is 0 Å². The van der Waals surface area contributed by atoms with Crippen LogP contribution in [0.2, 0.25) is 0 Å². The van der Waals surface area contributed by atoms with Crippen LogP contribution in [0.5, 0.6) is 17.2 Å². The van der Waals surface area contributed by atoms with Crippen molar-refractivity contribution in [2.75, 3.05) is 21.3 Å². The first-order valence-electron chi connectivity index (χ1n) is 27.3. The third-order valence-electron chi connectivity index (χ3n) is 25.5. The number of carbonyl (C=O) groups is 1. The molecule has 0 heterocycles. The van der Waals surface area contributed by atoms with Crippen LogP contribution in [0, 0.1) is 11.3 Å². The predicted octanol–water partition coefficient (Wildman–Crippen LogP) is 17.7. The number of esters is 1. The maximum Gasteiger partial charge on any atom is 0.339 e. The van der Waals surface area contributed by atoms with Crippen molar-refractivity contribution in [1.29, 1.82) is 5.26 Å². The molecule has 77 heavy (non-hydrogen) atoms. The lowest BCUT2D eigenvalue weighted by Gasteiger charge is -2.47. The van der Waals surface area contributed by atoms with Gasteiger partial charge in [-0.05, 0) is 314 Å². The fourth-order valence-electron chi connectivity index (χ4n) is 24.9. The molecule has 6 nitrogen and oxygen atoms in total. The van der Waals surface area contributed by atoms with Crippen molar-refractivity contribution in [3.05, 3.63) is 39.9 Å². The lowest BCUT2D eigenvalue weighted by molar-refractivity contribution is -0.0160. The van der Waals surface area contributed by atoms with E-state index < -0.39 is 17.0 Å². The summed E-state index contributed by atoms with van der Waals surface area (Å²) in [6, 6.07) is 6.88. The van der Waals surface area contributed by atoms with Gasteiger partial charge in [0.05, 0.1) is 33.0 Å². The predicted molar refractivity (Wildman–Crippen MR) is 311 cm³/mol. The van der Waals surface area contributed by atoms with Crippen molar-refractivity contribution in [1.82, 2.24) is 0 Å². The van der Waals surface area contributed by atoms with E-state index in [1.165, 1.54) is 280 Å². The zero-order valence-electron chi connectivity index (χ0n) is 39.6. The van der Waals surface area contributed by atoms with Crippen LogP contribution in [0.1, 0.15) is 32.6 Å². The molecular weight excluding hydrogens is 947 g/mol. The number of benzene rings is 18. The third kappa shape index (κ3) is 1.72. The Morgan fingerprint density at radius 3 is 0.792 bits per heavy atom. The summed E-state index contributed by atoms with van der Waals surface area (Å²) in [6.07, 6.45) is 0. The standard InChI is InChI=1S/C71H11NO5/c1-74-8-4-7(5-9(75-2)68(8)76-3)69(73)77-71-66-59-51-39-31-22-13-11-10-12-16(13)25-32-30-21(12)23-19-14(10)17-18-15(11)20-24(22)37(39)45-43-29(20)27(18)35-34-26(17)28(19)42-44-36(23)38(30)50-52-40(32)41(33(25)31)53(51)62(66)61(52)64-57(50)55(44)58-48(42)46(34)54-47(35)49(43)60(56(45)59)67(71)63(54)65(58)70(64,71)6-72/h4-5H,1-3H3. The molecule has 29 aromatic carbocycles. The molecule has 0 saturated carbocycles. The first-order valence-corrected chi connectivity index (χ1v) is 27.3. The molecule has 0 spiro atoms. The van der Waals surface area contributed by atoms with Gasteiger partial charge in [0.25, 0.3) is 0 Å². The molecule has 0 N–H and O–H groups in total. The van der Waals surface area contributed by atoms with Crippen molar-refractivity contribution < 1.29 is 23.7 Å². The molecule has 0 fully saturated rings. The Bertz CT molecular complexity index is 7860. The molecule has 0 bridgehead atoms. The van der Waals surface area contributed by atoms with Gasteiger partial charge in [0.1, 0.15) is 0 Å². The van der Waals surface area contributed by atoms with E-state index in [-0.39, 0.29) is 0 Å². The Morgan fingerprint density at radius 2 is 0.519 bits per heavy atom. The van der Waals surface area contributed by atoms with E-state index in [1.807, 2.05) is 0 Å². The molecule has 2 unspecified atom stereocenters. The minimum Gasteiger partial charge on any atom is -0.493 e. The van der Waals surface area contributed by atoms with Gasteiger partial charge in [-0.15, -0.1) is 0 Å². The number of nitrogens with zero attached hydrogens (tertiary/aromatic N) is 1. The van der Waals surface area contributed by atoms with E-state index in [1.54, 1.807) is 44.2 Å². The minimum atomic E-state index is -1.56. The molecule has 0 aromatic heterocycles. The van der Waals surface area contributed by atoms with Crippen molar-refractivity contribution in [3.8, 4) is 23.3 Å². The quantitative estimate of drug-likeness (QED) is 0.126. The van der Waals surface area contributed by atoms with E-state index in [0.717, 1.165) is 22.3 Å². The molecular formula is C71H11NO5. The normalized spacial score (nSPS) is 20.5. The first-order chi connectivity index (χ1) is 38.1. The number of hydrogen-bond donors (Lipinski definition) is 0. The zero-order chi connectivity index (χ0) is 47.3. The molecule has 330 valence electrons. The Kier molecular flexibility index (Phi) is 2.81. The van der Waals surface area contributed by atoms with Gasteiger partial charge in [-0.25, -0.2) is 4.79 Å². The van der Waals surface area contributed by atoms with Crippen LogP contribution in [0.15, 0.2) is 12.1 Å². The molecule has 0 saturated heterocycles. The average Bonchev–Trinajstić information content (AvgIpc) is 1.50. The molecule has 4 aliphatic rings. The van der Waals surface area contributed by atoms with Gasteiger partial charge in [-0.2, -0.15) is 5.26 Å². The van der Waals surface area contributed by atoms with Crippen LogP contribution in [-0.4, -0.2) is 27.3 Å². The zero-order valence-corrected chi connectivity index (χ0v) is 39.6. The minimum absolute atomic E-state index is 0.296. The van der Waals surface area contributed by atoms with E-state index in [2.05, 4.69) is 6.07 Å². The van der Waals surface area contributed by atoms with Gasteiger partial charge < -0.3 is 18.9 Å². The summed E-state index contributed by atoms with van der Waals surface area (Å²) in [5.41, 5.74) is 1.63.